The van der Waals surface area contributed by atoms with Gasteiger partial charge in [-0.05, 0) is 62.0 Å². The van der Waals surface area contributed by atoms with E-state index < -0.39 is 14.5 Å². The summed E-state index contributed by atoms with van der Waals surface area (Å²) in [5.74, 6) is 0.925. The highest BCUT2D eigenvalue weighted by Gasteiger charge is 2.47. The standard InChI is InChI=1S/C28H37FN4O5Si/c1-18-26(37-3)23-16-20(30-28(35)19-6-9-22(36-2)10-7-19)8-11-24(23)38-27(18)25(39(4,5)29)12-14-33-17-21(13-15-34)31-32-33/h6-11,16-18,25-27,34H,12-15H2,1-5H3,(H,30,35)/t18-,25?,26-,27-/m1/s1. The molecule has 210 valence electrons. The van der Waals surface area contributed by atoms with Crippen LogP contribution in [0.5, 0.6) is 11.5 Å². The fourth-order valence-electron chi connectivity index (χ4n) is 5.25. The number of nitrogens with one attached hydrogen (secondary N) is 1. The molecule has 0 aliphatic carbocycles. The van der Waals surface area contributed by atoms with E-state index in [0.29, 0.717) is 47.8 Å². The summed E-state index contributed by atoms with van der Waals surface area (Å²) in [5, 5.41) is 20.3. The molecule has 0 radical (unpaired) electrons. The normalized spacial score (nSPS) is 19.6. The molecular formula is C28H37FN4O5Si. The monoisotopic (exact) mass is 556 g/mol. The summed E-state index contributed by atoms with van der Waals surface area (Å²) >= 11 is 0. The van der Waals surface area contributed by atoms with Gasteiger partial charge in [0.1, 0.15) is 17.6 Å². The van der Waals surface area contributed by atoms with E-state index in [1.54, 1.807) is 68.5 Å². The maximum atomic E-state index is 15.7. The maximum absolute atomic E-state index is 15.7. The van der Waals surface area contributed by atoms with Crippen LogP contribution in [-0.2, 0) is 17.7 Å². The van der Waals surface area contributed by atoms with Gasteiger partial charge in [-0.3, -0.25) is 9.48 Å². The predicted molar refractivity (Wildman–Crippen MR) is 148 cm³/mol. The summed E-state index contributed by atoms with van der Waals surface area (Å²) in [5.41, 5.74) is 2.33. The van der Waals surface area contributed by atoms with Crippen molar-refractivity contribution in [2.45, 2.75) is 57.2 Å². The number of methoxy groups -OCH3 is 2. The van der Waals surface area contributed by atoms with Gasteiger partial charge in [-0.25, -0.2) is 0 Å². The Morgan fingerprint density at radius 3 is 2.62 bits per heavy atom. The molecule has 2 heterocycles. The number of benzene rings is 2. The summed E-state index contributed by atoms with van der Waals surface area (Å²) in [4.78, 5) is 12.8. The number of hydrogen-bond acceptors (Lipinski definition) is 7. The van der Waals surface area contributed by atoms with Crippen molar-refractivity contribution >= 4 is 20.0 Å². The van der Waals surface area contributed by atoms with Gasteiger partial charge in [0.2, 0.25) is 8.41 Å². The van der Waals surface area contributed by atoms with Crippen LogP contribution < -0.4 is 14.8 Å². The third-order valence-corrected chi connectivity index (χ3v) is 9.72. The van der Waals surface area contributed by atoms with Gasteiger partial charge in [0.05, 0.1) is 18.9 Å². The Labute approximate surface area is 229 Å². The molecule has 1 unspecified atom stereocenters. The Morgan fingerprint density at radius 1 is 1.23 bits per heavy atom. The topological polar surface area (TPSA) is 108 Å². The van der Waals surface area contributed by atoms with Gasteiger partial charge in [-0.1, -0.05) is 12.1 Å². The predicted octanol–water partition coefficient (Wildman–Crippen LogP) is 4.79. The van der Waals surface area contributed by atoms with Gasteiger partial charge in [-0.15, -0.1) is 5.10 Å². The molecule has 2 N–H and O–H groups in total. The lowest BCUT2D eigenvalue weighted by atomic mass is 9.86. The molecule has 2 aromatic carbocycles. The zero-order chi connectivity index (χ0) is 28.2. The Balaban J connectivity index is 1.53. The van der Waals surface area contributed by atoms with Gasteiger partial charge >= 0.3 is 0 Å². The quantitative estimate of drug-likeness (QED) is 0.258. The number of halogens is 1. The molecular weight excluding hydrogens is 519 g/mol. The van der Waals surface area contributed by atoms with E-state index >= 15 is 4.11 Å². The molecule has 11 heteroatoms. The lowest BCUT2D eigenvalue weighted by Gasteiger charge is -2.43. The third kappa shape index (κ3) is 6.66. The lowest BCUT2D eigenvalue weighted by molar-refractivity contribution is -0.0242. The Hall–Kier alpha value is -3.28. The number of aromatic nitrogens is 3. The van der Waals surface area contributed by atoms with Crippen molar-refractivity contribution < 1.29 is 28.2 Å². The number of aliphatic hydroxyl groups excluding tert-OH is 1. The van der Waals surface area contributed by atoms with Crippen molar-refractivity contribution in [3.63, 3.8) is 0 Å². The van der Waals surface area contributed by atoms with Crippen LogP contribution in [0.1, 0.15) is 41.1 Å². The number of nitrogens with zero attached hydrogens (tertiary/aromatic N) is 3. The zero-order valence-corrected chi connectivity index (χ0v) is 24.1. The molecule has 0 fully saturated rings. The van der Waals surface area contributed by atoms with Gasteiger partial charge in [-0.2, -0.15) is 0 Å². The summed E-state index contributed by atoms with van der Waals surface area (Å²) < 4.78 is 35.0. The number of ether oxygens (including phenoxy) is 3. The summed E-state index contributed by atoms with van der Waals surface area (Å²) in [6.45, 7) is 5.94. The van der Waals surface area contributed by atoms with E-state index in [2.05, 4.69) is 15.6 Å². The van der Waals surface area contributed by atoms with Crippen LogP contribution in [0.2, 0.25) is 18.6 Å². The van der Waals surface area contributed by atoms with Gasteiger partial charge in [0.25, 0.3) is 5.91 Å². The molecule has 0 saturated heterocycles. The van der Waals surface area contributed by atoms with Gasteiger partial charge in [0, 0.05) is 61.2 Å². The number of rotatable bonds is 11. The molecule has 1 aliphatic rings. The average Bonchev–Trinajstić information content (AvgIpc) is 3.36. The second kappa shape index (κ2) is 12.3. The highest BCUT2D eigenvalue weighted by molar-refractivity contribution is 6.72. The van der Waals surface area contributed by atoms with Gasteiger partial charge in [0.15, 0.2) is 0 Å². The second-order valence-electron chi connectivity index (χ2n) is 10.4. The maximum Gasteiger partial charge on any atom is 0.255 e. The van der Waals surface area contributed by atoms with Crippen molar-refractivity contribution in [3.8, 4) is 11.5 Å². The number of amides is 1. The molecule has 0 bridgehead atoms. The fourth-order valence-corrected chi connectivity index (χ4v) is 7.22. The van der Waals surface area contributed by atoms with Crippen LogP contribution in [0.4, 0.5) is 9.80 Å². The smallest absolute Gasteiger partial charge is 0.255 e. The molecule has 39 heavy (non-hydrogen) atoms. The van der Waals surface area contributed by atoms with Crippen LogP contribution >= 0.6 is 0 Å². The SMILES string of the molecule is COc1ccc(C(=O)Nc2ccc3c(c2)[C@H](OC)[C@@H](C)[C@H](C(CCn2cc(CCO)nn2)[Si](C)(C)F)O3)cc1. The Kier molecular flexibility index (Phi) is 9.03. The van der Waals surface area contributed by atoms with E-state index in [1.165, 1.54) is 0 Å². The summed E-state index contributed by atoms with van der Waals surface area (Å²) in [6, 6.07) is 12.3. The zero-order valence-electron chi connectivity index (χ0n) is 23.1. The first-order chi connectivity index (χ1) is 18.6. The van der Waals surface area contributed by atoms with E-state index in [-0.39, 0.29) is 30.1 Å². The Morgan fingerprint density at radius 2 is 1.97 bits per heavy atom. The van der Waals surface area contributed by atoms with Crippen LogP contribution in [-0.4, -0.2) is 61.3 Å². The van der Waals surface area contributed by atoms with Crippen molar-refractivity contribution in [1.29, 1.82) is 0 Å². The minimum Gasteiger partial charge on any atom is -0.497 e. The number of aliphatic hydroxyl groups is 1. The molecule has 1 aliphatic heterocycles. The third-order valence-electron chi connectivity index (χ3n) is 7.34. The number of fused-ring (bicyclic) bond motifs is 1. The minimum atomic E-state index is -3.17. The summed E-state index contributed by atoms with van der Waals surface area (Å²) in [7, 11) is 0.0498. The van der Waals surface area contributed by atoms with E-state index in [1.807, 2.05) is 19.1 Å². The summed E-state index contributed by atoms with van der Waals surface area (Å²) in [6.07, 6.45) is 2.03. The number of carbonyl (C=O) groups excluding carboxylic acids is 1. The largest absolute Gasteiger partial charge is 0.497 e. The molecule has 4 rings (SSSR count). The number of anilines is 1. The Bertz CT molecular complexity index is 1260. The molecule has 0 saturated carbocycles. The van der Waals surface area contributed by atoms with Crippen LogP contribution in [0.25, 0.3) is 0 Å². The van der Waals surface area contributed by atoms with Crippen molar-refractivity contribution in [3.05, 3.63) is 65.5 Å². The first kappa shape index (κ1) is 28.7. The van der Waals surface area contributed by atoms with E-state index in [9.17, 15) is 4.79 Å². The first-order valence-corrected chi connectivity index (χ1v) is 16.1. The van der Waals surface area contributed by atoms with Crippen LogP contribution in [0, 0.1) is 5.92 Å². The number of carbonyl (C=O) groups is 1. The van der Waals surface area contributed by atoms with Crippen molar-refractivity contribution in [2.75, 3.05) is 26.1 Å². The number of aryl methyl sites for hydroxylation is 1. The molecule has 4 atom stereocenters. The molecule has 0 spiro atoms. The van der Waals surface area contributed by atoms with Gasteiger partial charge < -0.3 is 28.7 Å². The van der Waals surface area contributed by atoms with Crippen LogP contribution in [0.15, 0.2) is 48.7 Å². The first-order valence-electron chi connectivity index (χ1n) is 13.1. The average molecular weight is 557 g/mol. The molecule has 1 amide bonds. The molecule has 1 aromatic heterocycles. The lowest BCUT2D eigenvalue weighted by Crippen LogP contribution is -2.46. The highest BCUT2D eigenvalue weighted by atomic mass is 28.4. The molecule has 3 aromatic rings. The molecule has 9 nitrogen and oxygen atoms in total. The minimum absolute atomic E-state index is 0.00383. The highest BCUT2D eigenvalue weighted by Crippen LogP contribution is 2.48. The van der Waals surface area contributed by atoms with E-state index in [4.69, 9.17) is 19.3 Å². The number of hydrogen-bond donors (Lipinski definition) is 2. The van der Waals surface area contributed by atoms with Crippen molar-refractivity contribution in [1.82, 2.24) is 15.0 Å². The second-order valence-corrected chi connectivity index (χ2v) is 14.3. The van der Waals surface area contributed by atoms with Crippen molar-refractivity contribution in [2.24, 2.45) is 5.92 Å². The van der Waals surface area contributed by atoms with E-state index in [0.717, 1.165) is 5.56 Å². The fraction of sp³-hybridized carbons (Fsp3) is 0.464. The van der Waals surface area contributed by atoms with Crippen LogP contribution in [0.3, 0.4) is 0 Å².